The molecular weight excluding hydrogens is 915 g/mol. The molecule has 392 valence electrons. The first-order valence-corrected chi connectivity index (χ1v) is 32.3. The molecule has 0 saturated carbocycles. The first-order chi connectivity index (χ1) is 33.5. The van der Waals surface area contributed by atoms with Gasteiger partial charge in [0.2, 0.25) is 11.4 Å². The summed E-state index contributed by atoms with van der Waals surface area (Å²) in [7, 11) is 0. The van der Waals surface area contributed by atoms with Gasteiger partial charge in [0.15, 0.2) is 0 Å². The van der Waals surface area contributed by atoms with E-state index in [1.807, 2.05) is 0 Å². The van der Waals surface area contributed by atoms with Gasteiger partial charge in [-0.15, -0.1) is 0 Å². The van der Waals surface area contributed by atoms with Crippen LogP contribution >= 0.6 is 0 Å². The molecule has 0 aliphatic carbocycles. The van der Waals surface area contributed by atoms with Crippen molar-refractivity contribution in [1.29, 1.82) is 0 Å². The minimum Gasteiger partial charge on any atom is -0.0654 e. The Balaban J connectivity index is 0.000000468. The van der Waals surface area contributed by atoms with Crippen LogP contribution in [0.15, 0.2) is 59.7 Å². The summed E-state index contributed by atoms with van der Waals surface area (Å²) in [6.07, 6.45) is 57.3. The molecule has 1 aliphatic heterocycles. The van der Waals surface area contributed by atoms with E-state index in [1.54, 1.807) is 9.79 Å². The van der Waals surface area contributed by atoms with Gasteiger partial charge in [0.1, 0.15) is 0 Å². The van der Waals surface area contributed by atoms with Crippen molar-refractivity contribution < 1.29 is 22.7 Å². The second-order valence-electron chi connectivity index (χ2n) is 20.9. The zero-order valence-electron chi connectivity index (χ0n) is 46.2. The summed E-state index contributed by atoms with van der Waals surface area (Å²) in [4.78, 5) is 3.09. The summed E-state index contributed by atoms with van der Waals surface area (Å²) in [5.41, 5.74) is 20.9. The molecule has 0 amide bonds. The number of nitrogens with zero attached hydrogens (tertiary/aromatic N) is 2. The van der Waals surface area contributed by atoms with Crippen LogP contribution in [-0.2, 0) is 30.8 Å². The molecule has 2 aromatic rings. The Morgan fingerprint density at radius 1 is 0.324 bits per heavy atom. The third kappa shape index (κ3) is 30.2. The van der Waals surface area contributed by atoms with Crippen molar-refractivity contribution in [2.75, 3.05) is 0 Å². The minimum absolute atomic E-state index is 0.943. The SMILES string of the molecule is CCCCCCCCC1=C(c2ccc(CCCC)cc2)[N+](=[N-])C(c2ccc(CCCC)cc2)=C1C.CCCCCCCCCCCCCCC[CH2][Pd][CH2]CCCCCCCCCCCCCCC. The topological polar surface area (TPSA) is 25.3 Å². The molecule has 68 heavy (non-hydrogen) atoms. The number of hydrogen-bond donors (Lipinski definition) is 0. The van der Waals surface area contributed by atoms with Gasteiger partial charge in [-0.05, 0) is 80.8 Å². The van der Waals surface area contributed by atoms with E-state index < -0.39 is 0 Å². The van der Waals surface area contributed by atoms with E-state index in [0.29, 0.717) is 0 Å². The van der Waals surface area contributed by atoms with Crippen LogP contribution in [0.3, 0.4) is 0 Å². The van der Waals surface area contributed by atoms with Gasteiger partial charge in [0.25, 0.3) is 0 Å². The second kappa shape index (κ2) is 45.1. The van der Waals surface area contributed by atoms with Crippen LogP contribution in [-0.4, -0.2) is 4.70 Å². The molecule has 3 heteroatoms. The average molecular weight is 1030 g/mol. The molecule has 2 aromatic carbocycles. The number of benzene rings is 2. The van der Waals surface area contributed by atoms with Crippen molar-refractivity contribution >= 4 is 11.4 Å². The van der Waals surface area contributed by atoms with Crippen LogP contribution < -0.4 is 0 Å². The molecule has 2 nitrogen and oxygen atoms in total. The third-order valence-electron chi connectivity index (χ3n) is 14.5. The number of aryl methyl sites for hydroxylation is 2. The van der Waals surface area contributed by atoms with E-state index in [4.69, 9.17) is 0 Å². The predicted octanol–water partition coefficient (Wildman–Crippen LogP) is 23.2. The molecular formula is C65H112N2Pd. The smallest absolute Gasteiger partial charge is 0.0654 e. The van der Waals surface area contributed by atoms with Crippen molar-refractivity contribution in [3.05, 3.63) is 87.5 Å². The molecule has 0 saturated heterocycles. The minimum atomic E-state index is 0.943. The molecule has 1 heterocycles. The van der Waals surface area contributed by atoms with E-state index in [9.17, 15) is 5.53 Å². The number of allylic oxidation sites excluding steroid dienone is 2. The quantitative estimate of drug-likeness (QED) is 0.0359. The van der Waals surface area contributed by atoms with Gasteiger partial charge < -0.3 is 5.53 Å². The zero-order chi connectivity index (χ0) is 49.0. The monoisotopic (exact) mass is 1030 g/mol. The van der Waals surface area contributed by atoms with Crippen molar-refractivity contribution in [1.82, 2.24) is 0 Å². The molecule has 0 spiro atoms. The molecule has 0 unspecified atom stereocenters. The Bertz CT molecular complexity index is 1490. The van der Waals surface area contributed by atoms with E-state index >= 15 is 0 Å². The Kier molecular flexibility index (Phi) is 41.3. The second-order valence-corrected chi connectivity index (χ2v) is 23.2. The maximum absolute atomic E-state index is 11.5. The normalized spacial score (nSPS) is 12.8. The van der Waals surface area contributed by atoms with Crippen LogP contribution in [0.2, 0.25) is 9.79 Å². The van der Waals surface area contributed by atoms with E-state index in [2.05, 4.69) is 90.1 Å². The van der Waals surface area contributed by atoms with Gasteiger partial charge in [0, 0.05) is 22.3 Å². The fraction of sp³-hybridized carbons (Fsp3) is 0.754. The maximum atomic E-state index is 11.5. The first kappa shape index (κ1) is 62.3. The van der Waals surface area contributed by atoms with Gasteiger partial charge in [-0.2, -0.15) is 0 Å². The summed E-state index contributed by atoms with van der Waals surface area (Å²) in [5, 5.41) is 0. The first-order valence-electron chi connectivity index (χ1n) is 30.1. The van der Waals surface area contributed by atoms with Crippen molar-refractivity contribution in [3.8, 4) is 0 Å². The number of unbranched alkanes of at least 4 members (excludes halogenated alkanes) is 33. The summed E-state index contributed by atoms with van der Waals surface area (Å²) in [6, 6.07) is 17.7. The van der Waals surface area contributed by atoms with Gasteiger partial charge in [0.05, 0.1) is 0 Å². The summed E-state index contributed by atoms with van der Waals surface area (Å²) < 4.78 is 1.48. The van der Waals surface area contributed by atoms with E-state index in [-0.39, 0.29) is 0 Å². The van der Waals surface area contributed by atoms with Crippen molar-refractivity contribution in [2.24, 2.45) is 0 Å². The Morgan fingerprint density at radius 3 is 0.926 bits per heavy atom. The molecule has 1 aliphatic rings. The summed E-state index contributed by atoms with van der Waals surface area (Å²) in [6.45, 7) is 13.6. The van der Waals surface area contributed by atoms with Crippen molar-refractivity contribution in [2.45, 2.75) is 315 Å². The fourth-order valence-electron chi connectivity index (χ4n) is 9.95. The predicted molar refractivity (Wildman–Crippen MR) is 301 cm³/mol. The molecule has 0 N–H and O–H groups in total. The van der Waals surface area contributed by atoms with E-state index in [1.165, 1.54) is 271 Å². The van der Waals surface area contributed by atoms with Gasteiger partial charge in [-0.1, -0.05) is 142 Å². The molecule has 0 radical (unpaired) electrons. The Hall–Kier alpha value is -1.82. The standard InChI is InChI=1S/C33H46N2.2C16H33.Pd/c1-5-8-11-12-13-14-17-31-26(4)32(29-22-18-27(19-23-29)15-9-6-2)35(34)33(31)30-24-20-28(21-25-30)16-10-7-3;2*1-3-5-7-9-11-13-15-16-14-12-10-8-6-4-2;/h18-25H,5-17H2,1-4H3;2*1,3-16H2,2H3;. The summed E-state index contributed by atoms with van der Waals surface area (Å²) in [5.74, 6) is 0. The van der Waals surface area contributed by atoms with Crippen LogP contribution in [0, 0.1) is 0 Å². The molecule has 0 atom stereocenters. The summed E-state index contributed by atoms with van der Waals surface area (Å²) >= 11 is 1.06. The van der Waals surface area contributed by atoms with E-state index in [0.717, 1.165) is 59.8 Å². The van der Waals surface area contributed by atoms with Crippen LogP contribution in [0.4, 0.5) is 0 Å². The molecule has 3 rings (SSSR count). The number of hydrogen-bond acceptors (Lipinski definition) is 0. The third-order valence-corrected chi connectivity index (χ3v) is 16.7. The molecule has 0 aromatic heterocycles. The fourth-order valence-corrected chi connectivity index (χ4v) is 11.9. The van der Waals surface area contributed by atoms with Crippen LogP contribution in [0.1, 0.15) is 314 Å². The Morgan fingerprint density at radius 2 is 0.603 bits per heavy atom. The Labute approximate surface area is 433 Å². The number of rotatable bonds is 45. The average Bonchev–Trinajstić information content (AvgIpc) is 3.61. The van der Waals surface area contributed by atoms with Gasteiger partial charge in [-0.3, -0.25) is 0 Å². The molecule has 0 bridgehead atoms. The molecule has 0 fully saturated rings. The van der Waals surface area contributed by atoms with Crippen LogP contribution in [0.25, 0.3) is 16.9 Å². The van der Waals surface area contributed by atoms with Crippen molar-refractivity contribution in [3.63, 3.8) is 0 Å². The van der Waals surface area contributed by atoms with Gasteiger partial charge in [-0.25, -0.2) is 4.70 Å². The van der Waals surface area contributed by atoms with Crippen LogP contribution in [0.5, 0.6) is 0 Å². The zero-order valence-corrected chi connectivity index (χ0v) is 47.8. The van der Waals surface area contributed by atoms with Gasteiger partial charge >= 0.3 is 169 Å².